The summed E-state index contributed by atoms with van der Waals surface area (Å²) in [5, 5.41) is 18.9. The van der Waals surface area contributed by atoms with Crippen LogP contribution in [0.4, 0.5) is 0 Å². The maximum Gasteiger partial charge on any atom is 0.223 e. The van der Waals surface area contributed by atoms with Gasteiger partial charge in [0.05, 0.1) is 6.54 Å². The summed E-state index contributed by atoms with van der Waals surface area (Å²) in [5.74, 6) is 2.44. The van der Waals surface area contributed by atoms with Crippen molar-refractivity contribution in [3.63, 3.8) is 0 Å². The molecular weight excluding hydrogens is 352 g/mol. The number of benzene rings is 1. The van der Waals surface area contributed by atoms with E-state index >= 15 is 0 Å². The third kappa shape index (κ3) is 3.66. The number of pyridine rings is 1. The minimum absolute atomic E-state index is 0.485. The van der Waals surface area contributed by atoms with E-state index in [2.05, 4.69) is 73.8 Å². The van der Waals surface area contributed by atoms with Crippen LogP contribution >= 0.6 is 0 Å². The van der Waals surface area contributed by atoms with Gasteiger partial charge in [0.2, 0.25) is 5.82 Å². The van der Waals surface area contributed by atoms with E-state index in [0.717, 1.165) is 42.0 Å². The second-order valence-electron chi connectivity index (χ2n) is 6.54. The molecule has 8 heteroatoms. The highest BCUT2D eigenvalue weighted by Gasteiger charge is 2.13. The SMILES string of the molecule is CCCc1nc(CC)nn1Cc1ccc(-c2cccnc2-c2nn[nH]n2)cc1. The topological polar surface area (TPSA) is 98.1 Å². The lowest BCUT2D eigenvalue weighted by Crippen LogP contribution is -2.07. The molecule has 0 spiro atoms. The monoisotopic (exact) mass is 374 g/mol. The van der Waals surface area contributed by atoms with E-state index in [1.54, 1.807) is 6.20 Å². The molecule has 0 saturated carbocycles. The lowest BCUT2D eigenvalue weighted by atomic mass is 10.0. The molecule has 0 fully saturated rings. The Morgan fingerprint density at radius 1 is 1.07 bits per heavy atom. The molecule has 0 radical (unpaired) electrons. The van der Waals surface area contributed by atoms with E-state index in [9.17, 15) is 0 Å². The van der Waals surface area contributed by atoms with Gasteiger partial charge in [-0.2, -0.15) is 10.3 Å². The Morgan fingerprint density at radius 2 is 1.93 bits per heavy atom. The van der Waals surface area contributed by atoms with Gasteiger partial charge in [0.1, 0.15) is 11.5 Å². The summed E-state index contributed by atoms with van der Waals surface area (Å²) in [7, 11) is 0. The van der Waals surface area contributed by atoms with Crippen LogP contribution in [0.3, 0.4) is 0 Å². The summed E-state index contributed by atoms with van der Waals surface area (Å²) in [6, 6.07) is 12.3. The Bertz CT molecular complexity index is 1030. The van der Waals surface area contributed by atoms with Gasteiger partial charge in [-0.3, -0.25) is 4.98 Å². The number of rotatable bonds is 7. The average molecular weight is 374 g/mol. The van der Waals surface area contributed by atoms with Gasteiger partial charge in [0.15, 0.2) is 5.82 Å². The Kier molecular flexibility index (Phi) is 5.18. The molecule has 0 saturated heterocycles. The Hall–Kier alpha value is -3.42. The first-order chi connectivity index (χ1) is 13.8. The molecule has 1 N–H and O–H groups in total. The van der Waals surface area contributed by atoms with Crippen molar-refractivity contribution in [2.24, 2.45) is 0 Å². The normalized spacial score (nSPS) is 11.1. The Morgan fingerprint density at radius 3 is 2.64 bits per heavy atom. The van der Waals surface area contributed by atoms with Crippen LogP contribution in [-0.2, 0) is 19.4 Å². The van der Waals surface area contributed by atoms with Crippen molar-refractivity contribution in [3.8, 4) is 22.6 Å². The first kappa shape index (κ1) is 18.0. The number of aromatic nitrogens is 8. The van der Waals surface area contributed by atoms with Crippen LogP contribution in [-0.4, -0.2) is 40.4 Å². The van der Waals surface area contributed by atoms with Crippen molar-refractivity contribution < 1.29 is 0 Å². The molecule has 0 aliphatic heterocycles. The molecule has 8 nitrogen and oxygen atoms in total. The van der Waals surface area contributed by atoms with Crippen LogP contribution in [0.15, 0.2) is 42.6 Å². The van der Waals surface area contributed by atoms with E-state index in [4.69, 9.17) is 0 Å². The Labute approximate surface area is 163 Å². The first-order valence-corrected chi connectivity index (χ1v) is 9.49. The third-order valence-electron chi connectivity index (χ3n) is 4.54. The number of hydrogen-bond donors (Lipinski definition) is 1. The van der Waals surface area contributed by atoms with Crippen molar-refractivity contribution in [3.05, 3.63) is 59.8 Å². The highest BCUT2D eigenvalue weighted by molar-refractivity contribution is 5.77. The summed E-state index contributed by atoms with van der Waals surface area (Å²) in [4.78, 5) is 9.07. The number of H-pyrrole nitrogens is 1. The molecule has 3 aromatic heterocycles. The summed E-state index contributed by atoms with van der Waals surface area (Å²) in [6.45, 7) is 4.96. The van der Waals surface area contributed by atoms with Gasteiger partial charge in [0, 0.05) is 24.6 Å². The second-order valence-corrected chi connectivity index (χ2v) is 6.54. The van der Waals surface area contributed by atoms with Crippen molar-refractivity contribution >= 4 is 0 Å². The van der Waals surface area contributed by atoms with E-state index < -0.39 is 0 Å². The van der Waals surface area contributed by atoms with Crippen LogP contribution in [0.5, 0.6) is 0 Å². The molecule has 28 heavy (non-hydrogen) atoms. The maximum atomic E-state index is 4.64. The zero-order chi connectivity index (χ0) is 19.3. The number of aromatic amines is 1. The van der Waals surface area contributed by atoms with E-state index in [1.807, 2.05) is 16.8 Å². The van der Waals surface area contributed by atoms with Crippen molar-refractivity contribution in [2.45, 2.75) is 39.7 Å². The standard InChI is InChI=1S/C20H22N8/c1-3-6-18-22-17(4-2)25-28(18)13-14-8-10-15(11-9-14)16-7-5-12-21-19(16)20-23-26-27-24-20/h5,7-12H,3-4,6,13H2,1-2H3,(H,23,24,26,27). The van der Waals surface area contributed by atoms with Crippen LogP contribution in [0.1, 0.15) is 37.5 Å². The molecule has 0 aliphatic rings. The summed E-state index contributed by atoms with van der Waals surface area (Å²) in [6.07, 6.45) is 4.58. The molecule has 4 rings (SSSR count). The van der Waals surface area contributed by atoms with Crippen LogP contribution in [0.25, 0.3) is 22.6 Å². The lowest BCUT2D eigenvalue weighted by Gasteiger charge is -2.08. The summed E-state index contributed by atoms with van der Waals surface area (Å²) in [5.41, 5.74) is 3.91. The molecule has 0 unspecified atom stereocenters. The van der Waals surface area contributed by atoms with Gasteiger partial charge >= 0.3 is 0 Å². The van der Waals surface area contributed by atoms with E-state index in [1.165, 1.54) is 5.56 Å². The fourth-order valence-corrected chi connectivity index (χ4v) is 3.15. The molecular formula is C20H22N8. The van der Waals surface area contributed by atoms with Crippen molar-refractivity contribution in [2.75, 3.05) is 0 Å². The fraction of sp³-hybridized carbons (Fsp3) is 0.300. The van der Waals surface area contributed by atoms with E-state index in [-0.39, 0.29) is 0 Å². The zero-order valence-electron chi connectivity index (χ0n) is 16.0. The fourth-order valence-electron chi connectivity index (χ4n) is 3.15. The zero-order valence-corrected chi connectivity index (χ0v) is 16.0. The number of nitrogens with zero attached hydrogens (tertiary/aromatic N) is 7. The van der Waals surface area contributed by atoms with Crippen molar-refractivity contribution in [1.82, 2.24) is 40.4 Å². The number of tetrazole rings is 1. The first-order valence-electron chi connectivity index (χ1n) is 9.49. The molecule has 1 aromatic carbocycles. The molecule has 4 aromatic rings. The highest BCUT2D eigenvalue weighted by atomic mass is 15.5. The quantitative estimate of drug-likeness (QED) is 0.534. The highest BCUT2D eigenvalue weighted by Crippen LogP contribution is 2.28. The summed E-state index contributed by atoms with van der Waals surface area (Å²) >= 11 is 0. The summed E-state index contributed by atoms with van der Waals surface area (Å²) < 4.78 is 2.02. The van der Waals surface area contributed by atoms with Gasteiger partial charge in [-0.25, -0.2) is 9.67 Å². The van der Waals surface area contributed by atoms with Crippen LogP contribution in [0.2, 0.25) is 0 Å². The number of aryl methyl sites for hydroxylation is 2. The molecule has 0 bridgehead atoms. The predicted molar refractivity (Wildman–Crippen MR) is 105 cm³/mol. The molecule has 142 valence electrons. The van der Waals surface area contributed by atoms with Gasteiger partial charge < -0.3 is 0 Å². The van der Waals surface area contributed by atoms with Gasteiger partial charge in [-0.1, -0.05) is 44.2 Å². The smallest absolute Gasteiger partial charge is 0.223 e. The van der Waals surface area contributed by atoms with Crippen LogP contribution < -0.4 is 0 Å². The second kappa shape index (κ2) is 8.08. The van der Waals surface area contributed by atoms with Gasteiger partial charge in [0.25, 0.3) is 0 Å². The lowest BCUT2D eigenvalue weighted by molar-refractivity contribution is 0.625. The largest absolute Gasteiger partial charge is 0.252 e. The molecule has 0 amide bonds. The number of hydrogen-bond acceptors (Lipinski definition) is 6. The molecule has 0 aliphatic carbocycles. The third-order valence-corrected chi connectivity index (χ3v) is 4.54. The average Bonchev–Trinajstić information content (AvgIpc) is 3.39. The Balaban J connectivity index is 1.60. The molecule has 3 heterocycles. The van der Waals surface area contributed by atoms with E-state index in [0.29, 0.717) is 18.1 Å². The van der Waals surface area contributed by atoms with Gasteiger partial charge in [-0.15, -0.1) is 10.2 Å². The van der Waals surface area contributed by atoms with Gasteiger partial charge in [-0.05, 0) is 28.8 Å². The number of nitrogens with one attached hydrogen (secondary N) is 1. The molecule has 0 atom stereocenters. The predicted octanol–water partition coefficient (Wildman–Crippen LogP) is 3.08. The maximum absolute atomic E-state index is 4.64. The minimum Gasteiger partial charge on any atom is -0.252 e. The van der Waals surface area contributed by atoms with Crippen molar-refractivity contribution in [1.29, 1.82) is 0 Å². The van der Waals surface area contributed by atoms with Crippen LogP contribution in [0, 0.1) is 0 Å². The minimum atomic E-state index is 0.485.